The summed E-state index contributed by atoms with van der Waals surface area (Å²) in [5.41, 5.74) is 11.7. The summed E-state index contributed by atoms with van der Waals surface area (Å²) < 4.78 is 8.86. The van der Waals surface area contributed by atoms with Gasteiger partial charge in [0.2, 0.25) is 5.91 Å². The molecule has 0 spiro atoms. The van der Waals surface area contributed by atoms with Crippen molar-refractivity contribution in [3.63, 3.8) is 0 Å². The maximum Gasteiger partial charge on any atom is 0.325 e. The molecule has 4 aromatic rings. The highest BCUT2D eigenvalue weighted by atomic mass is 32.1. The second-order valence-corrected chi connectivity index (χ2v) is 9.10. The summed E-state index contributed by atoms with van der Waals surface area (Å²) in [5, 5.41) is 13.9. The third-order valence-electron chi connectivity index (χ3n) is 5.83. The highest BCUT2D eigenvalue weighted by Crippen LogP contribution is 2.37. The number of aromatic hydroxyl groups is 1. The van der Waals surface area contributed by atoms with Gasteiger partial charge in [0.25, 0.3) is 11.8 Å². The first-order valence-corrected chi connectivity index (χ1v) is 12.6. The van der Waals surface area contributed by atoms with E-state index >= 15 is 0 Å². The first-order chi connectivity index (χ1) is 18.7. The van der Waals surface area contributed by atoms with E-state index in [-0.39, 0.29) is 28.6 Å². The third-order valence-corrected chi connectivity index (χ3v) is 6.68. The van der Waals surface area contributed by atoms with Gasteiger partial charge in [-0.3, -0.25) is 24.1 Å². The molecule has 200 valence electrons. The Morgan fingerprint density at radius 2 is 1.74 bits per heavy atom. The largest absolute Gasteiger partial charge is 0.508 e. The fourth-order valence-electron chi connectivity index (χ4n) is 4.06. The molecule has 1 atom stereocenters. The minimum absolute atomic E-state index is 0.0507. The highest BCUT2D eigenvalue weighted by molar-refractivity contribution is 7.09. The van der Waals surface area contributed by atoms with Gasteiger partial charge in [0.05, 0.1) is 18.0 Å². The van der Waals surface area contributed by atoms with Crippen molar-refractivity contribution in [2.24, 2.45) is 5.73 Å². The van der Waals surface area contributed by atoms with Crippen LogP contribution in [0, 0.1) is 0 Å². The standard InChI is InChI=1S/C27H25N5O6S/c1-2-38-20(34)14-30-26(36)23(16-10-12-17(33)13-11-16)32(19-9-5-7-15-6-3-4-8-18(15)19)27(37)24-21(28)22(25(29)35)31-39-24/h3-13,23,33H,2,14,28H2,1H3,(H2,29,35)(H,30,36)/t23-/m1/s1. The summed E-state index contributed by atoms with van der Waals surface area (Å²) in [6.07, 6.45) is 0. The number of hydrogen-bond donors (Lipinski definition) is 4. The Morgan fingerprint density at radius 1 is 1.05 bits per heavy atom. The smallest absolute Gasteiger partial charge is 0.325 e. The van der Waals surface area contributed by atoms with E-state index in [0.29, 0.717) is 28.2 Å². The Labute approximate surface area is 227 Å². The lowest BCUT2D eigenvalue weighted by Gasteiger charge is -2.32. The number of rotatable bonds is 9. The highest BCUT2D eigenvalue weighted by Gasteiger charge is 2.37. The van der Waals surface area contributed by atoms with E-state index in [4.69, 9.17) is 16.2 Å². The fourth-order valence-corrected chi connectivity index (χ4v) is 4.81. The molecule has 0 aliphatic heterocycles. The number of primary amides is 1. The Bertz CT molecular complexity index is 1550. The summed E-state index contributed by atoms with van der Waals surface area (Å²) in [4.78, 5) is 52.9. The maximum atomic E-state index is 14.2. The quantitative estimate of drug-likeness (QED) is 0.231. The minimum Gasteiger partial charge on any atom is -0.508 e. The van der Waals surface area contributed by atoms with Crippen LogP contribution in [-0.2, 0) is 14.3 Å². The summed E-state index contributed by atoms with van der Waals surface area (Å²) in [7, 11) is 0. The van der Waals surface area contributed by atoms with Crippen molar-refractivity contribution >= 4 is 57.4 Å². The summed E-state index contributed by atoms with van der Waals surface area (Å²) >= 11 is 0.680. The average Bonchev–Trinajstić information content (AvgIpc) is 3.32. The molecular formula is C27H25N5O6S. The van der Waals surface area contributed by atoms with Crippen LogP contribution in [0.25, 0.3) is 10.8 Å². The van der Waals surface area contributed by atoms with E-state index in [0.717, 1.165) is 5.39 Å². The zero-order valence-electron chi connectivity index (χ0n) is 20.8. The van der Waals surface area contributed by atoms with Crippen molar-refractivity contribution < 1.29 is 29.0 Å². The van der Waals surface area contributed by atoms with Crippen molar-refractivity contribution in [3.8, 4) is 5.75 Å². The molecule has 0 bridgehead atoms. The van der Waals surface area contributed by atoms with Gasteiger partial charge in [-0.1, -0.05) is 48.5 Å². The molecule has 0 saturated heterocycles. The normalized spacial score (nSPS) is 11.5. The van der Waals surface area contributed by atoms with Crippen molar-refractivity contribution in [3.05, 3.63) is 82.9 Å². The molecule has 3 aromatic carbocycles. The van der Waals surface area contributed by atoms with Gasteiger partial charge < -0.3 is 26.6 Å². The van der Waals surface area contributed by atoms with Crippen LogP contribution < -0.4 is 21.7 Å². The number of benzene rings is 3. The number of phenols is 1. The van der Waals surface area contributed by atoms with Crippen LogP contribution in [0.2, 0.25) is 0 Å². The lowest BCUT2D eigenvalue weighted by molar-refractivity contribution is -0.143. The Balaban J connectivity index is 1.92. The molecule has 0 saturated carbocycles. The van der Waals surface area contributed by atoms with Gasteiger partial charge in [0, 0.05) is 5.39 Å². The predicted octanol–water partition coefficient (Wildman–Crippen LogP) is 2.75. The van der Waals surface area contributed by atoms with Gasteiger partial charge in [-0.15, -0.1) is 0 Å². The van der Waals surface area contributed by atoms with E-state index in [9.17, 15) is 24.3 Å². The summed E-state index contributed by atoms with van der Waals surface area (Å²) in [6, 6.07) is 16.9. The number of fused-ring (bicyclic) bond motifs is 1. The van der Waals surface area contributed by atoms with E-state index in [2.05, 4.69) is 9.69 Å². The van der Waals surface area contributed by atoms with Crippen LogP contribution >= 0.6 is 11.5 Å². The Morgan fingerprint density at radius 3 is 2.41 bits per heavy atom. The molecule has 3 amide bonds. The topological polar surface area (TPSA) is 178 Å². The van der Waals surface area contributed by atoms with E-state index in [1.165, 1.54) is 29.2 Å². The monoisotopic (exact) mass is 547 g/mol. The van der Waals surface area contributed by atoms with Gasteiger partial charge in [0.15, 0.2) is 5.69 Å². The van der Waals surface area contributed by atoms with Crippen LogP contribution in [0.1, 0.15) is 38.7 Å². The van der Waals surface area contributed by atoms with Crippen molar-refractivity contribution in [1.29, 1.82) is 0 Å². The fraction of sp³-hybridized carbons (Fsp3) is 0.148. The predicted molar refractivity (Wildman–Crippen MR) is 146 cm³/mol. The molecule has 1 heterocycles. The maximum absolute atomic E-state index is 14.2. The lowest BCUT2D eigenvalue weighted by atomic mass is 10.00. The molecule has 39 heavy (non-hydrogen) atoms. The molecule has 0 unspecified atom stereocenters. The minimum atomic E-state index is -1.34. The van der Waals surface area contributed by atoms with Gasteiger partial charge in [-0.25, -0.2) is 0 Å². The SMILES string of the molecule is CCOC(=O)CNC(=O)[C@@H](c1ccc(O)cc1)N(C(=O)c1snc(C(N)=O)c1N)c1cccc2ccccc12. The number of aromatic nitrogens is 1. The summed E-state index contributed by atoms with van der Waals surface area (Å²) in [6.45, 7) is 1.33. The van der Waals surface area contributed by atoms with Crippen LogP contribution in [0.5, 0.6) is 5.75 Å². The zero-order chi connectivity index (χ0) is 28.1. The Hall–Kier alpha value is -4.97. The van der Waals surface area contributed by atoms with Gasteiger partial charge >= 0.3 is 5.97 Å². The molecule has 6 N–H and O–H groups in total. The number of phenolic OH excluding ortho intramolecular Hbond substituents is 1. The number of anilines is 2. The van der Waals surface area contributed by atoms with Gasteiger partial charge in [0.1, 0.15) is 23.2 Å². The molecule has 12 heteroatoms. The number of amides is 3. The van der Waals surface area contributed by atoms with Crippen molar-refractivity contribution in [2.75, 3.05) is 23.8 Å². The van der Waals surface area contributed by atoms with Crippen LogP contribution in [-0.4, -0.2) is 46.3 Å². The molecule has 0 radical (unpaired) electrons. The molecule has 0 aliphatic carbocycles. The molecular weight excluding hydrogens is 522 g/mol. The number of esters is 1. The molecule has 1 aromatic heterocycles. The first-order valence-electron chi connectivity index (χ1n) is 11.8. The second-order valence-electron chi connectivity index (χ2n) is 8.33. The van der Waals surface area contributed by atoms with Crippen molar-refractivity contribution in [1.82, 2.24) is 9.69 Å². The average molecular weight is 548 g/mol. The van der Waals surface area contributed by atoms with Crippen LogP contribution in [0.4, 0.5) is 11.4 Å². The van der Waals surface area contributed by atoms with Crippen LogP contribution in [0.15, 0.2) is 66.7 Å². The van der Waals surface area contributed by atoms with Crippen LogP contribution in [0.3, 0.4) is 0 Å². The van der Waals surface area contributed by atoms with E-state index in [1.807, 2.05) is 18.2 Å². The first kappa shape index (κ1) is 27.1. The zero-order valence-corrected chi connectivity index (χ0v) is 21.6. The number of ether oxygens (including phenoxy) is 1. The molecule has 0 aliphatic rings. The number of hydrogen-bond acceptors (Lipinski definition) is 9. The van der Waals surface area contributed by atoms with E-state index < -0.39 is 36.3 Å². The van der Waals surface area contributed by atoms with E-state index in [1.54, 1.807) is 31.2 Å². The second kappa shape index (κ2) is 11.6. The number of carbonyl (C=O) groups is 4. The van der Waals surface area contributed by atoms with Gasteiger partial charge in [-0.05, 0) is 47.6 Å². The molecule has 0 fully saturated rings. The van der Waals surface area contributed by atoms with Crippen molar-refractivity contribution in [2.45, 2.75) is 13.0 Å². The lowest BCUT2D eigenvalue weighted by Crippen LogP contribution is -2.45. The third kappa shape index (κ3) is 5.65. The number of carbonyl (C=O) groups excluding carboxylic acids is 4. The Kier molecular flexibility index (Phi) is 8.06. The summed E-state index contributed by atoms with van der Waals surface area (Å²) in [5.74, 6) is -3.03. The number of nitrogens with zero attached hydrogens (tertiary/aromatic N) is 2. The number of nitrogens with one attached hydrogen (secondary N) is 1. The van der Waals surface area contributed by atoms with Gasteiger partial charge in [-0.2, -0.15) is 4.37 Å². The molecule has 4 rings (SSSR count). The number of nitrogens with two attached hydrogens (primary N) is 2. The molecule has 11 nitrogen and oxygen atoms in total. The number of nitrogen functional groups attached to an aromatic ring is 1.